The summed E-state index contributed by atoms with van der Waals surface area (Å²) in [6.07, 6.45) is 3.53. The molecule has 2 N–H and O–H groups in total. The van der Waals surface area contributed by atoms with Gasteiger partial charge in [-0.3, -0.25) is 4.79 Å². The summed E-state index contributed by atoms with van der Waals surface area (Å²) in [4.78, 5) is 21.5. The van der Waals surface area contributed by atoms with Gasteiger partial charge in [-0.05, 0) is 60.5 Å². The number of carbonyl (C=O) groups is 1. The second-order valence-electron chi connectivity index (χ2n) is 6.28. The van der Waals surface area contributed by atoms with E-state index in [0.717, 1.165) is 21.0 Å². The molecule has 0 unspecified atom stereocenters. The Labute approximate surface area is 173 Å². The first-order valence-corrected chi connectivity index (χ1v) is 9.70. The second kappa shape index (κ2) is 9.25. The molecule has 0 aliphatic heterocycles. The van der Waals surface area contributed by atoms with E-state index in [1.807, 2.05) is 37.3 Å². The number of hydrogen-bond donors (Lipinski definition) is 2. The van der Waals surface area contributed by atoms with Crippen LogP contribution >= 0.6 is 11.8 Å². The highest BCUT2D eigenvalue weighted by molar-refractivity contribution is 7.99. The topological polar surface area (TPSA) is 84.3 Å². The number of aryl methyl sites for hydroxylation is 1. The van der Waals surface area contributed by atoms with Crippen LogP contribution in [-0.2, 0) is 11.2 Å². The Morgan fingerprint density at radius 2 is 2.03 bits per heavy atom. The van der Waals surface area contributed by atoms with Crippen molar-refractivity contribution in [2.75, 3.05) is 12.4 Å². The summed E-state index contributed by atoms with van der Waals surface area (Å²) in [6, 6.07) is 12.8. The summed E-state index contributed by atoms with van der Waals surface area (Å²) < 4.78 is 5.07. The highest BCUT2D eigenvalue weighted by atomic mass is 32.2. The van der Waals surface area contributed by atoms with Crippen LogP contribution in [0.15, 0.2) is 71.2 Å². The normalized spacial score (nSPS) is 10.4. The van der Waals surface area contributed by atoms with E-state index in [1.165, 1.54) is 24.9 Å². The molecule has 6 nitrogen and oxygen atoms in total. The number of amides is 1. The van der Waals surface area contributed by atoms with Gasteiger partial charge < -0.3 is 15.2 Å². The van der Waals surface area contributed by atoms with E-state index in [9.17, 15) is 9.90 Å². The Hall–Kier alpha value is -3.32. The van der Waals surface area contributed by atoms with Gasteiger partial charge in [0.1, 0.15) is 10.9 Å². The molecule has 0 saturated heterocycles. The van der Waals surface area contributed by atoms with Crippen molar-refractivity contribution in [1.29, 1.82) is 0 Å². The second-order valence-corrected chi connectivity index (χ2v) is 7.34. The number of rotatable bonds is 7. The van der Waals surface area contributed by atoms with Crippen molar-refractivity contribution in [1.82, 2.24) is 9.97 Å². The molecule has 1 heterocycles. The van der Waals surface area contributed by atoms with Crippen molar-refractivity contribution in [3.8, 4) is 11.5 Å². The number of aromatic hydroxyl groups is 1. The van der Waals surface area contributed by atoms with Crippen LogP contribution in [0, 0.1) is 6.92 Å². The third kappa shape index (κ3) is 5.36. The van der Waals surface area contributed by atoms with E-state index in [0.29, 0.717) is 23.7 Å². The highest BCUT2D eigenvalue weighted by Gasteiger charge is 2.09. The minimum Gasteiger partial charge on any atom is -0.504 e. The van der Waals surface area contributed by atoms with Gasteiger partial charge >= 0.3 is 0 Å². The zero-order valence-electron chi connectivity index (χ0n) is 16.2. The van der Waals surface area contributed by atoms with Gasteiger partial charge in [-0.1, -0.05) is 24.4 Å². The van der Waals surface area contributed by atoms with E-state index >= 15 is 0 Å². The van der Waals surface area contributed by atoms with E-state index in [1.54, 1.807) is 18.3 Å². The van der Waals surface area contributed by atoms with Gasteiger partial charge in [-0.15, -0.1) is 0 Å². The average molecular weight is 407 g/mol. The monoisotopic (exact) mass is 407 g/mol. The predicted molar refractivity (Wildman–Crippen MR) is 114 cm³/mol. The number of carbonyl (C=O) groups excluding carboxylic acids is 1. The number of anilines is 1. The van der Waals surface area contributed by atoms with Crippen LogP contribution in [0.3, 0.4) is 0 Å². The summed E-state index contributed by atoms with van der Waals surface area (Å²) in [5, 5.41) is 13.5. The zero-order chi connectivity index (χ0) is 20.8. The maximum absolute atomic E-state index is 11.4. The number of phenolic OH excluding ortho intramolecular Hbond substituents is 1. The molecule has 1 amide bonds. The predicted octanol–water partition coefficient (Wildman–Crippen LogP) is 4.37. The Morgan fingerprint density at radius 3 is 2.69 bits per heavy atom. The van der Waals surface area contributed by atoms with Gasteiger partial charge in [0.15, 0.2) is 11.5 Å². The quantitative estimate of drug-likeness (QED) is 0.447. The minimum atomic E-state index is -0.244. The SMILES string of the molecule is C=CC(=O)Nc1ccc(Sc2nc(Cc3ccc(OC)c(O)c3)ncc2C)cc1. The molecule has 0 spiro atoms. The first kappa shape index (κ1) is 20.4. The molecule has 148 valence electrons. The van der Waals surface area contributed by atoms with Crippen molar-refractivity contribution >= 4 is 23.4 Å². The number of benzene rings is 2. The van der Waals surface area contributed by atoms with Gasteiger partial charge in [0.25, 0.3) is 0 Å². The third-order valence-corrected chi connectivity index (χ3v) is 5.22. The van der Waals surface area contributed by atoms with Gasteiger partial charge in [0, 0.05) is 23.2 Å². The molecule has 0 fully saturated rings. The van der Waals surface area contributed by atoms with Crippen LogP contribution in [-0.4, -0.2) is 28.1 Å². The molecule has 0 bridgehead atoms. The molecule has 29 heavy (non-hydrogen) atoms. The molecule has 0 aliphatic carbocycles. The summed E-state index contributed by atoms with van der Waals surface area (Å²) in [6.45, 7) is 5.40. The maximum Gasteiger partial charge on any atom is 0.247 e. The first-order valence-electron chi connectivity index (χ1n) is 8.88. The molecular formula is C22H21N3O3S. The number of nitrogens with one attached hydrogen (secondary N) is 1. The fourth-order valence-corrected chi connectivity index (χ4v) is 3.45. The van der Waals surface area contributed by atoms with E-state index in [2.05, 4.69) is 21.9 Å². The maximum atomic E-state index is 11.4. The first-order chi connectivity index (χ1) is 14.0. The van der Waals surface area contributed by atoms with Gasteiger partial charge in [0.2, 0.25) is 5.91 Å². The number of aromatic nitrogens is 2. The highest BCUT2D eigenvalue weighted by Crippen LogP contribution is 2.30. The smallest absolute Gasteiger partial charge is 0.247 e. The third-order valence-electron chi connectivity index (χ3n) is 4.10. The lowest BCUT2D eigenvalue weighted by molar-refractivity contribution is -0.111. The van der Waals surface area contributed by atoms with E-state index < -0.39 is 0 Å². The molecule has 2 aromatic carbocycles. The van der Waals surface area contributed by atoms with Gasteiger partial charge in [-0.25, -0.2) is 9.97 Å². The molecule has 0 aliphatic rings. The molecule has 0 saturated carbocycles. The summed E-state index contributed by atoms with van der Waals surface area (Å²) in [5.41, 5.74) is 2.57. The van der Waals surface area contributed by atoms with Crippen molar-refractivity contribution < 1.29 is 14.6 Å². The van der Waals surface area contributed by atoms with Crippen molar-refractivity contribution in [2.24, 2.45) is 0 Å². The summed E-state index contributed by atoms with van der Waals surface area (Å²) >= 11 is 1.53. The molecule has 3 aromatic rings. The van der Waals surface area contributed by atoms with Gasteiger partial charge in [-0.2, -0.15) is 0 Å². The number of hydrogen-bond acceptors (Lipinski definition) is 6. The van der Waals surface area contributed by atoms with Crippen LogP contribution in [0.4, 0.5) is 5.69 Å². The summed E-state index contributed by atoms with van der Waals surface area (Å²) in [7, 11) is 1.52. The van der Waals surface area contributed by atoms with Gasteiger partial charge in [0.05, 0.1) is 7.11 Å². The lowest BCUT2D eigenvalue weighted by atomic mass is 10.1. The number of methoxy groups -OCH3 is 1. The average Bonchev–Trinajstić information content (AvgIpc) is 2.72. The van der Waals surface area contributed by atoms with Crippen molar-refractivity contribution in [2.45, 2.75) is 23.3 Å². The molecule has 0 atom stereocenters. The molecular weight excluding hydrogens is 386 g/mol. The lowest BCUT2D eigenvalue weighted by Crippen LogP contribution is -2.06. The molecule has 3 rings (SSSR count). The molecule has 1 aromatic heterocycles. The van der Waals surface area contributed by atoms with Crippen molar-refractivity contribution in [3.63, 3.8) is 0 Å². The van der Waals surface area contributed by atoms with Crippen LogP contribution in [0.25, 0.3) is 0 Å². The lowest BCUT2D eigenvalue weighted by Gasteiger charge is -2.09. The largest absolute Gasteiger partial charge is 0.504 e. The Bertz CT molecular complexity index is 1040. The zero-order valence-corrected chi connectivity index (χ0v) is 17.0. The Kier molecular flexibility index (Phi) is 6.51. The minimum absolute atomic E-state index is 0.0929. The fourth-order valence-electron chi connectivity index (χ4n) is 2.59. The van der Waals surface area contributed by atoms with Crippen LogP contribution in [0.1, 0.15) is 17.0 Å². The number of ether oxygens (including phenoxy) is 1. The van der Waals surface area contributed by atoms with Crippen molar-refractivity contribution in [3.05, 3.63) is 78.3 Å². The standard InChI is InChI=1S/C22H21N3O3S/c1-4-21(27)24-16-6-8-17(9-7-16)29-22-14(2)13-23-20(25-22)12-15-5-10-19(28-3)18(26)11-15/h4-11,13,26H,1,12H2,2-3H3,(H,24,27). The molecule has 7 heteroatoms. The molecule has 0 radical (unpaired) electrons. The van der Waals surface area contributed by atoms with E-state index in [-0.39, 0.29) is 11.7 Å². The number of nitrogens with zero attached hydrogens (tertiary/aromatic N) is 2. The van der Waals surface area contributed by atoms with E-state index in [4.69, 9.17) is 4.74 Å². The van der Waals surface area contributed by atoms with Crippen LogP contribution in [0.2, 0.25) is 0 Å². The fraction of sp³-hybridized carbons (Fsp3) is 0.136. The summed E-state index contributed by atoms with van der Waals surface area (Å²) in [5.74, 6) is 0.946. The Morgan fingerprint density at radius 1 is 1.28 bits per heavy atom. The number of phenols is 1. The Balaban J connectivity index is 1.74. The van der Waals surface area contributed by atoms with Crippen LogP contribution in [0.5, 0.6) is 11.5 Å². The van der Waals surface area contributed by atoms with Crippen LogP contribution < -0.4 is 10.1 Å².